The van der Waals surface area contributed by atoms with Gasteiger partial charge in [0.05, 0.1) is 13.7 Å². The van der Waals surface area contributed by atoms with Gasteiger partial charge in [-0.05, 0) is 31.2 Å². The van der Waals surface area contributed by atoms with Gasteiger partial charge in [-0.3, -0.25) is 9.69 Å². The summed E-state index contributed by atoms with van der Waals surface area (Å²) >= 11 is 12.3. The van der Waals surface area contributed by atoms with Crippen molar-refractivity contribution >= 4 is 35.1 Å². The summed E-state index contributed by atoms with van der Waals surface area (Å²) in [6.07, 6.45) is 0. The molecule has 0 saturated carbocycles. The molecule has 7 heteroatoms. The van der Waals surface area contributed by atoms with Crippen LogP contribution < -0.4 is 10.1 Å². The van der Waals surface area contributed by atoms with E-state index >= 15 is 0 Å². The minimum Gasteiger partial charge on any atom is -0.496 e. The molecular formula is C18H16Cl2N2O3. The minimum absolute atomic E-state index is 0.0500. The minimum atomic E-state index is -1.22. The highest BCUT2D eigenvalue weighted by Crippen LogP contribution is 2.35. The van der Waals surface area contributed by atoms with E-state index in [4.69, 9.17) is 27.9 Å². The highest BCUT2D eigenvalue weighted by Gasteiger charge is 2.49. The molecule has 3 rings (SSSR count). The molecular weight excluding hydrogens is 363 g/mol. The summed E-state index contributed by atoms with van der Waals surface area (Å²) < 4.78 is 5.29. The molecule has 0 bridgehead atoms. The largest absolute Gasteiger partial charge is 0.496 e. The van der Waals surface area contributed by atoms with E-state index in [2.05, 4.69) is 5.32 Å². The molecule has 0 radical (unpaired) electrons. The summed E-state index contributed by atoms with van der Waals surface area (Å²) in [5, 5.41) is 3.65. The molecule has 2 aromatic rings. The zero-order valence-electron chi connectivity index (χ0n) is 13.7. The number of nitrogens with one attached hydrogen (secondary N) is 1. The van der Waals surface area contributed by atoms with E-state index in [9.17, 15) is 9.59 Å². The normalized spacial score (nSPS) is 19.9. The van der Waals surface area contributed by atoms with Crippen molar-refractivity contribution in [1.82, 2.24) is 10.2 Å². The van der Waals surface area contributed by atoms with Crippen molar-refractivity contribution in [2.24, 2.45) is 0 Å². The zero-order chi connectivity index (χ0) is 18.2. The van der Waals surface area contributed by atoms with E-state index in [0.717, 1.165) is 4.90 Å². The molecule has 1 fully saturated rings. The number of carbonyl (C=O) groups is 2. The van der Waals surface area contributed by atoms with Crippen molar-refractivity contribution in [3.63, 3.8) is 0 Å². The van der Waals surface area contributed by atoms with Crippen LogP contribution in [-0.2, 0) is 16.9 Å². The number of methoxy groups -OCH3 is 1. The molecule has 0 aliphatic carbocycles. The lowest BCUT2D eigenvalue weighted by Crippen LogP contribution is -2.41. The molecule has 0 unspecified atom stereocenters. The van der Waals surface area contributed by atoms with Gasteiger partial charge >= 0.3 is 6.03 Å². The van der Waals surface area contributed by atoms with Crippen LogP contribution in [0.3, 0.4) is 0 Å². The summed E-state index contributed by atoms with van der Waals surface area (Å²) in [7, 11) is 1.52. The van der Waals surface area contributed by atoms with Crippen molar-refractivity contribution in [3.05, 3.63) is 63.6 Å². The van der Waals surface area contributed by atoms with Gasteiger partial charge in [0.1, 0.15) is 11.3 Å². The van der Waals surface area contributed by atoms with Crippen LogP contribution in [0.25, 0.3) is 0 Å². The molecule has 5 nitrogen and oxygen atoms in total. The first-order valence-electron chi connectivity index (χ1n) is 7.58. The van der Waals surface area contributed by atoms with Crippen LogP contribution in [0.4, 0.5) is 4.79 Å². The maximum Gasteiger partial charge on any atom is 0.325 e. The smallest absolute Gasteiger partial charge is 0.325 e. The zero-order valence-corrected chi connectivity index (χ0v) is 15.2. The highest BCUT2D eigenvalue weighted by atomic mass is 35.5. The fraction of sp³-hybridized carbons (Fsp3) is 0.222. The number of carbonyl (C=O) groups excluding carboxylic acids is 2. The monoisotopic (exact) mass is 378 g/mol. The molecule has 1 aliphatic heterocycles. The van der Waals surface area contributed by atoms with Gasteiger partial charge in [0.2, 0.25) is 0 Å². The van der Waals surface area contributed by atoms with Gasteiger partial charge in [-0.2, -0.15) is 0 Å². The van der Waals surface area contributed by atoms with E-state index < -0.39 is 11.6 Å². The fourth-order valence-electron chi connectivity index (χ4n) is 2.93. The SMILES string of the molecule is COc1ccc(Cl)cc1CN1C(=O)N[C@@](C)(c2ccccc2Cl)C1=O. The maximum atomic E-state index is 13.0. The Bertz CT molecular complexity index is 856. The molecule has 1 aliphatic rings. The Morgan fingerprint density at radius 1 is 1.16 bits per heavy atom. The molecule has 1 heterocycles. The lowest BCUT2D eigenvalue weighted by atomic mass is 9.92. The third-order valence-corrected chi connectivity index (χ3v) is 4.82. The quantitative estimate of drug-likeness (QED) is 0.818. The van der Waals surface area contributed by atoms with Crippen LogP contribution in [0.5, 0.6) is 5.75 Å². The van der Waals surface area contributed by atoms with Gasteiger partial charge in [0.25, 0.3) is 5.91 Å². The second kappa shape index (κ2) is 6.58. The average Bonchev–Trinajstić information content (AvgIpc) is 2.79. The van der Waals surface area contributed by atoms with Crippen molar-refractivity contribution in [2.75, 3.05) is 7.11 Å². The van der Waals surface area contributed by atoms with Gasteiger partial charge in [0.15, 0.2) is 0 Å². The van der Waals surface area contributed by atoms with E-state index in [0.29, 0.717) is 26.9 Å². The number of nitrogens with zero attached hydrogens (tertiary/aromatic N) is 1. The molecule has 1 N–H and O–H groups in total. The van der Waals surface area contributed by atoms with Gasteiger partial charge in [-0.25, -0.2) is 4.79 Å². The molecule has 2 aromatic carbocycles. The lowest BCUT2D eigenvalue weighted by molar-refractivity contribution is -0.131. The first-order valence-corrected chi connectivity index (χ1v) is 8.34. The number of amides is 3. The first kappa shape index (κ1) is 17.6. The predicted molar refractivity (Wildman–Crippen MR) is 95.9 cm³/mol. The van der Waals surface area contributed by atoms with Crippen LogP contribution in [-0.4, -0.2) is 23.9 Å². The lowest BCUT2D eigenvalue weighted by Gasteiger charge is -2.23. The molecule has 1 atom stereocenters. The second-order valence-electron chi connectivity index (χ2n) is 5.88. The third kappa shape index (κ3) is 3.05. The van der Waals surface area contributed by atoms with Crippen LogP contribution in [0.15, 0.2) is 42.5 Å². The van der Waals surface area contributed by atoms with Crippen LogP contribution in [0.1, 0.15) is 18.1 Å². The number of benzene rings is 2. The number of hydrogen-bond acceptors (Lipinski definition) is 3. The molecule has 3 amide bonds. The third-order valence-electron chi connectivity index (χ3n) is 4.26. The average molecular weight is 379 g/mol. The number of imide groups is 1. The topological polar surface area (TPSA) is 58.6 Å². The Labute approximate surface area is 155 Å². The van der Waals surface area contributed by atoms with E-state index in [1.54, 1.807) is 49.4 Å². The summed E-state index contributed by atoms with van der Waals surface area (Å²) in [5.41, 5.74) is -0.0289. The molecule has 130 valence electrons. The van der Waals surface area contributed by atoms with E-state index in [-0.39, 0.29) is 12.5 Å². The van der Waals surface area contributed by atoms with Crippen molar-refractivity contribution < 1.29 is 14.3 Å². The van der Waals surface area contributed by atoms with Crippen molar-refractivity contribution in [3.8, 4) is 5.75 Å². The van der Waals surface area contributed by atoms with Gasteiger partial charge in [-0.1, -0.05) is 41.4 Å². The van der Waals surface area contributed by atoms with E-state index in [1.807, 2.05) is 0 Å². The van der Waals surface area contributed by atoms with E-state index in [1.165, 1.54) is 7.11 Å². The van der Waals surface area contributed by atoms with Gasteiger partial charge < -0.3 is 10.1 Å². The fourth-order valence-corrected chi connectivity index (χ4v) is 3.45. The summed E-state index contributed by atoms with van der Waals surface area (Å²) in [6.45, 7) is 1.69. The number of urea groups is 1. The second-order valence-corrected chi connectivity index (χ2v) is 6.73. The first-order chi connectivity index (χ1) is 11.9. The Kier molecular flexibility index (Phi) is 4.62. The maximum absolute atomic E-state index is 13.0. The summed E-state index contributed by atoms with van der Waals surface area (Å²) in [4.78, 5) is 26.6. The van der Waals surface area contributed by atoms with Crippen LogP contribution in [0, 0.1) is 0 Å². The molecule has 0 spiro atoms. The van der Waals surface area contributed by atoms with Crippen molar-refractivity contribution in [1.29, 1.82) is 0 Å². The standard InChI is InChI=1S/C18H16Cl2N2O3/c1-18(13-5-3-4-6-14(13)20)16(23)22(17(24)21-18)10-11-9-12(19)7-8-15(11)25-2/h3-9H,10H2,1-2H3,(H,21,24)/t18-/m0/s1. The summed E-state index contributed by atoms with van der Waals surface area (Å²) in [6, 6.07) is 11.5. The van der Waals surface area contributed by atoms with Crippen LogP contribution >= 0.6 is 23.2 Å². The molecule has 1 saturated heterocycles. The Morgan fingerprint density at radius 2 is 1.88 bits per heavy atom. The van der Waals surface area contributed by atoms with Crippen LogP contribution in [0.2, 0.25) is 10.0 Å². The highest BCUT2D eigenvalue weighted by molar-refractivity contribution is 6.32. The predicted octanol–water partition coefficient (Wildman–Crippen LogP) is 3.97. The molecule has 25 heavy (non-hydrogen) atoms. The Morgan fingerprint density at radius 3 is 2.56 bits per heavy atom. The molecule has 0 aromatic heterocycles. The Hall–Kier alpha value is -2.24. The Balaban J connectivity index is 1.95. The van der Waals surface area contributed by atoms with Crippen molar-refractivity contribution in [2.45, 2.75) is 19.0 Å². The number of hydrogen-bond donors (Lipinski definition) is 1. The van der Waals surface area contributed by atoms with Gasteiger partial charge in [-0.15, -0.1) is 0 Å². The van der Waals surface area contributed by atoms with Gasteiger partial charge in [0, 0.05) is 21.2 Å². The summed E-state index contributed by atoms with van der Waals surface area (Å²) in [5.74, 6) is 0.170. The number of rotatable bonds is 4. The number of halogens is 2. The number of ether oxygens (including phenoxy) is 1.